The van der Waals surface area contributed by atoms with Crippen LogP contribution in [-0.2, 0) is 19.1 Å². The maximum absolute atomic E-state index is 11.9. The zero-order valence-corrected chi connectivity index (χ0v) is 16.3. The molecule has 0 radical (unpaired) electrons. The van der Waals surface area contributed by atoms with Crippen molar-refractivity contribution >= 4 is 41.1 Å². The highest BCUT2D eigenvalue weighted by Crippen LogP contribution is 2.19. The van der Waals surface area contributed by atoms with Crippen LogP contribution < -0.4 is 10.6 Å². The molecular formula is C21H21ClN2O4. The molecule has 0 heterocycles. The Morgan fingerprint density at radius 1 is 1.14 bits per heavy atom. The predicted molar refractivity (Wildman–Crippen MR) is 109 cm³/mol. The molecule has 1 atom stereocenters. The Labute approximate surface area is 168 Å². The number of hydrogen-bond acceptors (Lipinski definition) is 4. The molecule has 6 nitrogen and oxygen atoms in total. The molecule has 0 aliphatic rings. The van der Waals surface area contributed by atoms with E-state index in [0.29, 0.717) is 10.7 Å². The Bertz CT molecular complexity index is 881. The molecule has 2 aromatic rings. The summed E-state index contributed by atoms with van der Waals surface area (Å²) in [4.78, 5) is 35.7. The SMILES string of the molecule is Cc1ccc(NC(=O)COC(=O)[C@H](C)NC(=O)/C=C/c2ccccc2)cc1Cl. The first-order valence-electron chi connectivity index (χ1n) is 8.61. The van der Waals surface area contributed by atoms with Gasteiger partial charge in [0.15, 0.2) is 6.61 Å². The van der Waals surface area contributed by atoms with E-state index in [9.17, 15) is 14.4 Å². The van der Waals surface area contributed by atoms with Crippen LogP contribution in [0.4, 0.5) is 5.69 Å². The van der Waals surface area contributed by atoms with E-state index < -0.39 is 30.4 Å². The quantitative estimate of drug-likeness (QED) is 0.551. The molecule has 0 bridgehead atoms. The summed E-state index contributed by atoms with van der Waals surface area (Å²) < 4.78 is 4.93. The Balaban J connectivity index is 1.76. The Kier molecular flexibility index (Phi) is 7.77. The number of halogens is 1. The lowest BCUT2D eigenvalue weighted by molar-refractivity contribution is -0.149. The third-order valence-electron chi connectivity index (χ3n) is 3.74. The van der Waals surface area contributed by atoms with Crippen LogP contribution in [0.5, 0.6) is 0 Å². The van der Waals surface area contributed by atoms with Gasteiger partial charge in [-0.2, -0.15) is 0 Å². The maximum Gasteiger partial charge on any atom is 0.328 e. The fraction of sp³-hybridized carbons (Fsp3) is 0.190. The third kappa shape index (κ3) is 6.89. The number of carbonyl (C=O) groups excluding carboxylic acids is 3. The Hall–Kier alpha value is -3.12. The number of ether oxygens (including phenoxy) is 1. The number of esters is 1. The molecule has 0 fully saturated rings. The largest absolute Gasteiger partial charge is 0.454 e. The zero-order valence-electron chi connectivity index (χ0n) is 15.6. The molecule has 0 aromatic heterocycles. The van der Waals surface area contributed by atoms with Gasteiger partial charge in [0, 0.05) is 16.8 Å². The number of nitrogens with one attached hydrogen (secondary N) is 2. The van der Waals surface area contributed by atoms with Crippen molar-refractivity contribution in [2.75, 3.05) is 11.9 Å². The van der Waals surface area contributed by atoms with Gasteiger partial charge in [-0.25, -0.2) is 4.79 Å². The second kappa shape index (κ2) is 10.3. The zero-order chi connectivity index (χ0) is 20.5. The summed E-state index contributed by atoms with van der Waals surface area (Å²) in [6, 6.07) is 13.5. The first-order valence-corrected chi connectivity index (χ1v) is 8.99. The molecule has 0 aliphatic heterocycles. The first kappa shape index (κ1) is 21.2. The third-order valence-corrected chi connectivity index (χ3v) is 4.15. The van der Waals surface area contributed by atoms with Gasteiger partial charge in [-0.3, -0.25) is 9.59 Å². The summed E-state index contributed by atoms with van der Waals surface area (Å²) in [7, 11) is 0. The minimum atomic E-state index is -0.894. The molecule has 0 saturated carbocycles. The van der Waals surface area contributed by atoms with Gasteiger partial charge < -0.3 is 15.4 Å². The summed E-state index contributed by atoms with van der Waals surface area (Å²) in [6.07, 6.45) is 2.96. The molecule has 2 amide bonds. The lowest BCUT2D eigenvalue weighted by Crippen LogP contribution is -2.39. The van der Waals surface area contributed by atoms with E-state index in [4.69, 9.17) is 16.3 Å². The number of anilines is 1. The average molecular weight is 401 g/mol. The molecule has 2 aromatic carbocycles. The number of aryl methyl sites for hydroxylation is 1. The van der Waals surface area contributed by atoms with Gasteiger partial charge in [0.1, 0.15) is 6.04 Å². The van der Waals surface area contributed by atoms with Gasteiger partial charge in [0.2, 0.25) is 5.91 Å². The lowest BCUT2D eigenvalue weighted by atomic mass is 10.2. The minimum Gasteiger partial charge on any atom is -0.454 e. The van der Waals surface area contributed by atoms with Crippen molar-refractivity contribution in [1.29, 1.82) is 0 Å². The van der Waals surface area contributed by atoms with Crippen LogP contribution in [0.3, 0.4) is 0 Å². The minimum absolute atomic E-state index is 0.438. The molecule has 146 valence electrons. The maximum atomic E-state index is 11.9. The lowest BCUT2D eigenvalue weighted by Gasteiger charge is -2.12. The van der Waals surface area contributed by atoms with Gasteiger partial charge >= 0.3 is 5.97 Å². The topological polar surface area (TPSA) is 84.5 Å². The van der Waals surface area contributed by atoms with E-state index in [1.165, 1.54) is 13.0 Å². The fourth-order valence-electron chi connectivity index (χ4n) is 2.19. The van der Waals surface area contributed by atoms with Crippen LogP contribution in [-0.4, -0.2) is 30.4 Å². The molecular weight excluding hydrogens is 380 g/mol. The van der Waals surface area contributed by atoms with E-state index >= 15 is 0 Å². The van der Waals surface area contributed by atoms with E-state index in [1.807, 2.05) is 37.3 Å². The molecule has 0 unspecified atom stereocenters. The van der Waals surface area contributed by atoms with Crippen molar-refractivity contribution in [3.8, 4) is 0 Å². The summed E-state index contributed by atoms with van der Waals surface area (Å²) in [6.45, 7) is 2.86. The smallest absolute Gasteiger partial charge is 0.328 e. The second-order valence-electron chi connectivity index (χ2n) is 6.09. The van der Waals surface area contributed by atoms with Crippen molar-refractivity contribution in [2.45, 2.75) is 19.9 Å². The average Bonchev–Trinajstić information content (AvgIpc) is 2.68. The van der Waals surface area contributed by atoms with Crippen molar-refractivity contribution in [3.05, 3.63) is 70.8 Å². The number of carbonyl (C=O) groups is 3. The van der Waals surface area contributed by atoms with Gasteiger partial charge in [0.25, 0.3) is 5.91 Å². The normalized spacial score (nSPS) is 11.7. The number of rotatable bonds is 7. The molecule has 2 rings (SSSR count). The van der Waals surface area contributed by atoms with Crippen molar-refractivity contribution in [2.24, 2.45) is 0 Å². The van der Waals surface area contributed by atoms with Crippen LogP contribution in [0.1, 0.15) is 18.1 Å². The van der Waals surface area contributed by atoms with Gasteiger partial charge in [-0.1, -0.05) is 48.0 Å². The first-order chi connectivity index (χ1) is 13.3. The van der Waals surface area contributed by atoms with Crippen molar-refractivity contribution < 1.29 is 19.1 Å². The van der Waals surface area contributed by atoms with Crippen molar-refractivity contribution in [3.63, 3.8) is 0 Å². The van der Waals surface area contributed by atoms with Crippen LogP contribution >= 0.6 is 11.6 Å². The van der Waals surface area contributed by atoms with Gasteiger partial charge in [-0.05, 0) is 43.2 Å². The van der Waals surface area contributed by atoms with Crippen LogP contribution in [0.15, 0.2) is 54.6 Å². The standard InChI is InChI=1S/C21H21ClN2O4/c1-14-8-10-17(12-18(14)22)24-20(26)13-28-21(27)15(2)23-19(25)11-9-16-6-4-3-5-7-16/h3-12,15H,13H2,1-2H3,(H,23,25)(H,24,26)/b11-9+/t15-/m0/s1. The highest BCUT2D eigenvalue weighted by atomic mass is 35.5. The van der Waals surface area contributed by atoms with Gasteiger partial charge in [-0.15, -0.1) is 0 Å². The highest BCUT2D eigenvalue weighted by molar-refractivity contribution is 6.31. The van der Waals surface area contributed by atoms with E-state index in [2.05, 4.69) is 10.6 Å². The van der Waals surface area contributed by atoms with Gasteiger partial charge in [0.05, 0.1) is 0 Å². The summed E-state index contributed by atoms with van der Waals surface area (Å²) in [5.74, 6) is -1.65. The summed E-state index contributed by atoms with van der Waals surface area (Å²) in [5.41, 5.74) is 2.25. The Morgan fingerprint density at radius 2 is 1.86 bits per heavy atom. The molecule has 2 N–H and O–H groups in total. The predicted octanol–water partition coefficient (Wildman–Crippen LogP) is 3.35. The van der Waals surface area contributed by atoms with E-state index in [1.54, 1.807) is 24.3 Å². The van der Waals surface area contributed by atoms with Crippen LogP contribution in [0.2, 0.25) is 5.02 Å². The van der Waals surface area contributed by atoms with Crippen LogP contribution in [0, 0.1) is 6.92 Å². The monoisotopic (exact) mass is 400 g/mol. The second-order valence-corrected chi connectivity index (χ2v) is 6.50. The number of benzene rings is 2. The summed E-state index contributed by atoms with van der Waals surface area (Å²) >= 11 is 6.00. The number of hydrogen-bond donors (Lipinski definition) is 2. The molecule has 0 spiro atoms. The fourth-order valence-corrected chi connectivity index (χ4v) is 2.37. The van der Waals surface area contributed by atoms with E-state index in [0.717, 1.165) is 11.1 Å². The molecule has 28 heavy (non-hydrogen) atoms. The molecule has 0 aliphatic carbocycles. The van der Waals surface area contributed by atoms with E-state index in [-0.39, 0.29) is 0 Å². The van der Waals surface area contributed by atoms with Crippen LogP contribution in [0.25, 0.3) is 6.08 Å². The Morgan fingerprint density at radius 3 is 2.54 bits per heavy atom. The summed E-state index contributed by atoms with van der Waals surface area (Å²) in [5, 5.41) is 5.59. The molecule has 0 saturated heterocycles. The van der Waals surface area contributed by atoms with Crippen molar-refractivity contribution in [1.82, 2.24) is 5.32 Å². The highest BCUT2D eigenvalue weighted by Gasteiger charge is 2.17. The number of amides is 2. The molecule has 7 heteroatoms.